The number of anilines is 2. The molecule has 24 heavy (non-hydrogen) atoms. The summed E-state index contributed by atoms with van der Waals surface area (Å²) in [6.07, 6.45) is 5.46. The molecule has 3 aromatic rings. The summed E-state index contributed by atoms with van der Waals surface area (Å²) >= 11 is 0. The number of rotatable bonds is 2. The van der Waals surface area contributed by atoms with Gasteiger partial charge >= 0.3 is 0 Å². The quantitative estimate of drug-likeness (QED) is 0.540. The van der Waals surface area contributed by atoms with Crippen molar-refractivity contribution in [3.63, 3.8) is 0 Å². The first kappa shape index (κ1) is 14.9. The van der Waals surface area contributed by atoms with E-state index in [0.29, 0.717) is 6.54 Å². The zero-order chi connectivity index (χ0) is 16.7. The number of piperidine rings is 1. The number of nitrogens with two attached hydrogens (primary N) is 2. The van der Waals surface area contributed by atoms with Crippen LogP contribution in [0.3, 0.4) is 0 Å². The predicted molar refractivity (Wildman–Crippen MR) is 92.3 cm³/mol. The molecule has 4 heterocycles. The van der Waals surface area contributed by atoms with E-state index < -0.39 is 6.10 Å². The maximum absolute atomic E-state index is 10.1. The van der Waals surface area contributed by atoms with E-state index in [9.17, 15) is 5.11 Å². The number of aliphatic hydroxyl groups excluding tert-OH is 1. The van der Waals surface area contributed by atoms with Gasteiger partial charge in [0.1, 0.15) is 5.65 Å². The number of nitrogens with one attached hydrogen (secondary N) is 1. The van der Waals surface area contributed by atoms with E-state index in [1.165, 1.54) is 0 Å². The SMILES string of the molecule is Nc1nccc(-c2c[nH]c3nccc(N4CCC(N)C(O)C4)c23)n1. The van der Waals surface area contributed by atoms with E-state index in [1.807, 2.05) is 18.3 Å². The number of aromatic nitrogens is 4. The summed E-state index contributed by atoms with van der Waals surface area (Å²) < 4.78 is 0. The van der Waals surface area contributed by atoms with Crippen molar-refractivity contribution in [3.8, 4) is 11.3 Å². The summed E-state index contributed by atoms with van der Waals surface area (Å²) in [6, 6.07) is 3.59. The van der Waals surface area contributed by atoms with Gasteiger partial charge in [0.25, 0.3) is 0 Å². The molecular weight excluding hydrogens is 306 g/mol. The number of H-pyrrole nitrogens is 1. The molecule has 0 radical (unpaired) electrons. The molecule has 3 aromatic heterocycles. The average molecular weight is 325 g/mol. The van der Waals surface area contributed by atoms with Crippen molar-refractivity contribution >= 4 is 22.7 Å². The molecule has 0 spiro atoms. The summed E-state index contributed by atoms with van der Waals surface area (Å²) in [7, 11) is 0. The molecule has 0 amide bonds. The summed E-state index contributed by atoms with van der Waals surface area (Å²) in [5.74, 6) is 0.228. The number of nitrogens with zero attached hydrogens (tertiary/aromatic N) is 4. The fraction of sp³-hybridized carbons (Fsp3) is 0.312. The number of aliphatic hydroxyl groups is 1. The third-order valence-corrected chi connectivity index (χ3v) is 4.48. The van der Waals surface area contributed by atoms with Crippen molar-refractivity contribution in [1.29, 1.82) is 0 Å². The fourth-order valence-electron chi connectivity index (χ4n) is 3.20. The summed E-state index contributed by atoms with van der Waals surface area (Å²) in [5, 5.41) is 11.1. The standard InChI is InChI=1S/C16H19N7O/c17-10-3-6-23(8-13(10)24)12-2-5-19-15-14(12)9(7-21-15)11-1-4-20-16(18)22-11/h1-2,4-5,7,10,13,24H,3,6,8,17H2,(H,19,21)(H2,18,20,22). The molecule has 0 saturated carbocycles. The van der Waals surface area contributed by atoms with Gasteiger partial charge in [0.05, 0.1) is 22.9 Å². The number of hydrogen-bond acceptors (Lipinski definition) is 7. The number of pyridine rings is 1. The molecule has 1 fully saturated rings. The fourth-order valence-corrected chi connectivity index (χ4v) is 3.20. The van der Waals surface area contributed by atoms with Crippen LogP contribution in [0.25, 0.3) is 22.3 Å². The minimum Gasteiger partial charge on any atom is -0.390 e. The van der Waals surface area contributed by atoms with Gasteiger partial charge in [0.2, 0.25) is 5.95 Å². The van der Waals surface area contributed by atoms with Crippen molar-refractivity contribution in [3.05, 3.63) is 30.7 Å². The molecule has 1 aliphatic rings. The summed E-state index contributed by atoms with van der Waals surface area (Å²) in [5.41, 5.74) is 15.0. The van der Waals surface area contributed by atoms with E-state index in [0.717, 1.165) is 40.9 Å². The highest BCUT2D eigenvalue weighted by molar-refractivity contribution is 6.02. The Morgan fingerprint density at radius 2 is 2.08 bits per heavy atom. The summed E-state index contributed by atoms with van der Waals surface area (Å²) in [6.45, 7) is 1.28. The molecule has 0 aliphatic carbocycles. The van der Waals surface area contributed by atoms with E-state index in [-0.39, 0.29) is 12.0 Å². The van der Waals surface area contributed by atoms with Crippen molar-refractivity contribution in [2.24, 2.45) is 5.73 Å². The summed E-state index contributed by atoms with van der Waals surface area (Å²) in [4.78, 5) is 18.0. The van der Waals surface area contributed by atoms with Gasteiger partial charge in [0.15, 0.2) is 0 Å². The largest absolute Gasteiger partial charge is 0.390 e. The highest BCUT2D eigenvalue weighted by Crippen LogP contribution is 2.35. The van der Waals surface area contributed by atoms with Crippen LogP contribution in [0.5, 0.6) is 0 Å². The first-order chi connectivity index (χ1) is 11.6. The molecule has 8 heteroatoms. The monoisotopic (exact) mass is 325 g/mol. The molecule has 0 bridgehead atoms. The minimum atomic E-state index is -0.543. The number of nitrogen functional groups attached to an aromatic ring is 1. The third kappa shape index (κ3) is 2.45. The Hall–Kier alpha value is -2.71. The maximum Gasteiger partial charge on any atom is 0.220 e. The molecule has 1 aliphatic heterocycles. The van der Waals surface area contributed by atoms with Crippen molar-refractivity contribution in [2.75, 3.05) is 23.7 Å². The van der Waals surface area contributed by atoms with Gasteiger partial charge in [-0.3, -0.25) is 0 Å². The lowest BCUT2D eigenvalue weighted by Gasteiger charge is -2.36. The van der Waals surface area contributed by atoms with Gasteiger partial charge in [-0.1, -0.05) is 0 Å². The maximum atomic E-state index is 10.1. The Balaban J connectivity index is 1.83. The molecule has 6 N–H and O–H groups in total. The minimum absolute atomic E-state index is 0.175. The molecule has 2 atom stereocenters. The first-order valence-electron chi connectivity index (χ1n) is 7.87. The number of β-amino-alcohol motifs (C(OH)–C–C–N with tert-alkyl or cyclic N) is 1. The van der Waals surface area contributed by atoms with Crippen LogP contribution in [0.2, 0.25) is 0 Å². The molecule has 8 nitrogen and oxygen atoms in total. The van der Waals surface area contributed by atoms with Crippen LogP contribution in [0.4, 0.5) is 11.6 Å². The van der Waals surface area contributed by atoms with E-state index in [2.05, 4.69) is 24.8 Å². The Labute approximate surface area is 138 Å². The van der Waals surface area contributed by atoms with Gasteiger partial charge in [-0.2, -0.15) is 0 Å². The topological polar surface area (TPSA) is 130 Å². The molecule has 1 saturated heterocycles. The van der Waals surface area contributed by atoms with Crippen LogP contribution >= 0.6 is 0 Å². The number of hydrogen-bond donors (Lipinski definition) is 4. The molecule has 2 unspecified atom stereocenters. The zero-order valence-corrected chi connectivity index (χ0v) is 13.1. The van der Waals surface area contributed by atoms with Gasteiger partial charge in [-0.15, -0.1) is 0 Å². The van der Waals surface area contributed by atoms with Gasteiger partial charge in [-0.25, -0.2) is 15.0 Å². The van der Waals surface area contributed by atoms with Crippen LogP contribution < -0.4 is 16.4 Å². The second kappa shape index (κ2) is 5.73. The Morgan fingerprint density at radius 1 is 1.25 bits per heavy atom. The number of aromatic amines is 1. The van der Waals surface area contributed by atoms with Crippen molar-refractivity contribution in [1.82, 2.24) is 19.9 Å². The second-order valence-corrected chi connectivity index (χ2v) is 6.02. The van der Waals surface area contributed by atoms with Crippen LogP contribution in [-0.4, -0.2) is 50.3 Å². The van der Waals surface area contributed by atoms with E-state index >= 15 is 0 Å². The molecular formula is C16H19N7O. The van der Waals surface area contributed by atoms with Gasteiger partial charge in [0, 0.05) is 43.3 Å². The predicted octanol–water partition coefficient (Wildman–Crippen LogP) is 0.500. The van der Waals surface area contributed by atoms with Gasteiger partial charge in [-0.05, 0) is 18.6 Å². The van der Waals surface area contributed by atoms with Crippen LogP contribution in [0.15, 0.2) is 30.7 Å². The Bertz CT molecular complexity index is 878. The second-order valence-electron chi connectivity index (χ2n) is 6.02. The number of fused-ring (bicyclic) bond motifs is 1. The smallest absolute Gasteiger partial charge is 0.220 e. The third-order valence-electron chi connectivity index (χ3n) is 4.48. The lowest BCUT2D eigenvalue weighted by Crippen LogP contribution is -2.50. The zero-order valence-electron chi connectivity index (χ0n) is 13.1. The van der Waals surface area contributed by atoms with Crippen LogP contribution in [0, 0.1) is 0 Å². The van der Waals surface area contributed by atoms with E-state index in [1.54, 1.807) is 12.4 Å². The van der Waals surface area contributed by atoms with Crippen molar-refractivity contribution < 1.29 is 5.11 Å². The molecule has 124 valence electrons. The lowest BCUT2D eigenvalue weighted by atomic mass is 10.0. The molecule has 0 aromatic carbocycles. The highest BCUT2D eigenvalue weighted by Gasteiger charge is 2.27. The first-order valence-corrected chi connectivity index (χ1v) is 7.87. The Kier molecular flexibility index (Phi) is 3.55. The van der Waals surface area contributed by atoms with Crippen LogP contribution in [-0.2, 0) is 0 Å². The Morgan fingerprint density at radius 3 is 2.88 bits per heavy atom. The van der Waals surface area contributed by atoms with Crippen molar-refractivity contribution in [2.45, 2.75) is 18.6 Å². The lowest BCUT2D eigenvalue weighted by molar-refractivity contribution is 0.132. The van der Waals surface area contributed by atoms with Gasteiger partial charge < -0.3 is 26.5 Å². The molecule has 4 rings (SSSR count). The highest BCUT2D eigenvalue weighted by atomic mass is 16.3. The average Bonchev–Trinajstić information content (AvgIpc) is 3.01. The van der Waals surface area contributed by atoms with E-state index in [4.69, 9.17) is 11.5 Å². The van der Waals surface area contributed by atoms with Crippen LogP contribution in [0.1, 0.15) is 6.42 Å². The normalized spacial score (nSPS) is 21.3.